The predicted molar refractivity (Wildman–Crippen MR) is 81.5 cm³/mol. The van der Waals surface area contributed by atoms with Gasteiger partial charge in [0.25, 0.3) is 0 Å². The predicted octanol–water partition coefficient (Wildman–Crippen LogP) is 3.47. The fourth-order valence-corrected chi connectivity index (χ4v) is 2.55. The van der Waals surface area contributed by atoms with E-state index in [1.165, 1.54) is 6.07 Å². The van der Waals surface area contributed by atoms with Crippen molar-refractivity contribution in [1.82, 2.24) is 15.3 Å². The average molecular weight is 281 g/mol. The topological polar surface area (TPSA) is 37.8 Å². The molecular formula is C17H16FN3. The second-order valence-electron chi connectivity index (χ2n) is 4.82. The summed E-state index contributed by atoms with van der Waals surface area (Å²) in [5.74, 6) is -0.235. The molecule has 2 aromatic carbocycles. The van der Waals surface area contributed by atoms with Gasteiger partial charge in [0.2, 0.25) is 0 Å². The van der Waals surface area contributed by atoms with Gasteiger partial charge < -0.3 is 5.32 Å². The highest BCUT2D eigenvalue weighted by molar-refractivity contribution is 5.78. The van der Waals surface area contributed by atoms with E-state index >= 15 is 0 Å². The number of benzene rings is 2. The fourth-order valence-electron chi connectivity index (χ4n) is 2.55. The second-order valence-corrected chi connectivity index (χ2v) is 4.82. The maximum absolute atomic E-state index is 13.5. The van der Waals surface area contributed by atoms with Crippen LogP contribution in [0.25, 0.3) is 11.0 Å². The molecule has 0 amide bonds. The van der Waals surface area contributed by atoms with Crippen LogP contribution in [0.3, 0.4) is 0 Å². The molecule has 3 nitrogen and oxygen atoms in total. The van der Waals surface area contributed by atoms with Crippen LogP contribution in [-0.4, -0.2) is 16.5 Å². The number of nitrogens with one attached hydrogen (secondary N) is 1. The minimum atomic E-state index is -0.235. The van der Waals surface area contributed by atoms with Crippen LogP contribution in [0.4, 0.5) is 4.39 Å². The third-order valence-corrected chi connectivity index (χ3v) is 3.43. The van der Waals surface area contributed by atoms with Crippen LogP contribution in [0, 0.1) is 5.82 Å². The summed E-state index contributed by atoms with van der Waals surface area (Å²) in [6, 6.07) is 12.5. The van der Waals surface area contributed by atoms with Crippen LogP contribution in [0.1, 0.15) is 24.1 Å². The van der Waals surface area contributed by atoms with Crippen molar-refractivity contribution in [3.05, 3.63) is 71.8 Å². The lowest BCUT2D eigenvalue weighted by molar-refractivity contribution is 0.604. The van der Waals surface area contributed by atoms with Crippen molar-refractivity contribution in [2.45, 2.75) is 13.0 Å². The molecule has 1 aromatic heterocycles. The Morgan fingerprint density at radius 2 is 1.90 bits per heavy atom. The van der Waals surface area contributed by atoms with Crippen molar-refractivity contribution in [2.75, 3.05) is 6.54 Å². The first-order valence-corrected chi connectivity index (χ1v) is 6.98. The minimum Gasteiger partial charge on any atom is -0.306 e. The Morgan fingerprint density at radius 3 is 2.71 bits per heavy atom. The third kappa shape index (κ3) is 2.76. The van der Waals surface area contributed by atoms with E-state index in [4.69, 9.17) is 0 Å². The lowest BCUT2D eigenvalue weighted by Gasteiger charge is -2.20. The Hall–Kier alpha value is -2.33. The van der Waals surface area contributed by atoms with Crippen LogP contribution in [0.5, 0.6) is 0 Å². The van der Waals surface area contributed by atoms with Gasteiger partial charge >= 0.3 is 0 Å². The summed E-state index contributed by atoms with van der Waals surface area (Å²) in [7, 11) is 0. The molecule has 0 radical (unpaired) electrons. The Bertz CT molecular complexity index is 752. The van der Waals surface area contributed by atoms with E-state index in [9.17, 15) is 4.39 Å². The van der Waals surface area contributed by atoms with E-state index in [1.807, 2.05) is 31.2 Å². The zero-order valence-electron chi connectivity index (χ0n) is 11.8. The van der Waals surface area contributed by atoms with Crippen molar-refractivity contribution in [1.29, 1.82) is 0 Å². The number of halogens is 1. The van der Waals surface area contributed by atoms with Crippen LogP contribution in [-0.2, 0) is 0 Å². The maximum Gasteiger partial charge on any atom is 0.123 e. The number of hydrogen-bond donors (Lipinski definition) is 1. The SMILES string of the molecule is CCNC(c1cccc(F)c1)c1cccc2nccnc12. The fraction of sp³-hybridized carbons (Fsp3) is 0.176. The van der Waals surface area contributed by atoms with Gasteiger partial charge in [-0.05, 0) is 30.3 Å². The summed E-state index contributed by atoms with van der Waals surface area (Å²) in [5.41, 5.74) is 3.58. The third-order valence-electron chi connectivity index (χ3n) is 3.43. The summed E-state index contributed by atoms with van der Waals surface area (Å²) < 4.78 is 13.5. The van der Waals surface area contributed by atoms with E-state index in [0.717, 1.165) is 28.7 Å². The van der Waals surface area contributed by atoms with Crippen molar-refractivity contribution >= 4 is 11.0 Å². The Balaban J connectivity index is 2.16. The highest BCUT2D eigenvalue weighted by atomic mass is 19.1. The standard InChI is InChI=1S/C17H16FN3/c1-2-19-16(12-5-3-6-13(18)11-12)14-7-4-8-15-17(14)21-10-9-20-15/h3-11,16,19H,2H2,1H3. The molecule has 21 heavy (non-hydrogen) atoms. The molecule has 3 rings (SSSR count). The highest BCUT2D eigenvalue weighted by Gasteiger charge is 2.17. The van der Waals surface area contributed by atoms with E-state index < -0.39 is 0 Å². The van der Waals surface area contributed by atoms with Crippen LogP contribution < -0.4 is 5.32 Å². The monoisotopic (exact) mass is 281 g/mol. The maximum atomic E-state index is 13.5. The van der Waals surface area contributed by atoms with Gasteiger partial charge in [-0.25, -0.2) is 4.39 Å². The zero-order chi connectivity index (χ0) is 14.7. The minimum absolute atomic E-state index is 0.105. The molecule has 0 fully saturated rings. The normalized spacial score (nSPS) is 12.5. The molecule has 106 valence electrons. The van der Waals surface area contributed by atoms with Gasteiger partial charge in [-0.15, -0.1) is 0 Å². The van der Waals surface area contributed by atoms with Gasteiger partial charge in [-0.1, -0.05) is 31.2 Å². The van der Waals surface area contributed by atoms with Crippen molar-refractivity contribution in [2.24, 2.45) is 0 Å². The summed E-state index contributed by atoms with van der Waals surface area (Å²) in [6.07, 6.45) is 3.36. The van der Waals surface area contributed by atoms with E-state index in [0.29, 0.717) is 0 Å². The highest BCUT2D eigenvalue weighted by Crippen LogP contribution is 2.27. The molecule has 3 aromatic rings. The van der Waals surface area contributed by atoms with Gasteiger partial charge in [0.05, 0.1) is 17.1 Å². The zero-order valence-corrected chi connectivity index (χ0v) is 11.8. The first-order valence-electron chi connectivity index (χ1n) is 6.98. The first kappa shape index (κ1) is 13.6. The Labute approximate surface area is 122 Å². The summed E-state index contributed by atoms with van der Waals surface area (Å²) in [4.78, 5) is 8.77. The Kier molecular flexibility index (Phi) is 3.88. The smallest absolute Gasteiger partial charge is 0.123 e. The average Bonchev–Trinajstić information content (AvgIpc) is 2.52. The van der Waals surface area contributed by atoms with Crippen molar-refractivity contribution in [3.8, 4) is 0 Å². The van der Waals surface area contributed by atoms with Gasteiger partial charge in [0.1, 0.15) is 5.82 Å². The molecule has 0 aliphatic rings. The molecule has 1 atom stereocenters. The van der Waals surface area contributed by atoms with Crippen LogP contribution in [0.15, 0.2) is 54.9 Å². The summed E-state index contributed by atoms with van der Waals surface area (Å²) >= 11 is 0. The van der Waals surface area contributed by atoms with Crippen molar-refractivity contribution in [3.63, 3.8) is 0 Å². The summed E-state index contributed by atoms with van der Waals surface area (Å²) in [5, 5.41) is 3.40. The number of fused-ring (bicyclic) bond motifs is 1. The lowest BCUT2D eigenvalue weighted by atomic mass is 9.97. The van der Waals surface area contributed by atoms with Crippen molar-refractivity contribution < 1.29 is 4.39 Å². The van der Waals surface area contributed by atoms with Gasteiger partial charge in [0, 0.05) is 18.0 Å². The van der Waals surface area contributed by atoms with E-state index in [1.54, 1.807) is 24.5 Å². The summed E-state index contributed by atoms with van der Waals surface area (Å²) in [6.45, 7) is 2.81. The number of nitrogens with zero attached hydrogens (tertiary/aromatic N) is 2. The molecule has 0 saturated heterocycles. The number of rotatable bonds is 4. The molecule has 1 unspecified atom stereocenters. The molecule has 0 bridgehead atoms. The first-order chi connectivity index (χ1) is 10.3. The molecular weight excluding hydrogens is 265 g/mol. The van der Waals surface area contributed by atoms with E-state index in [-0.39, 0.29) is 11.9 Å². The molecule has 1 heterocycles. The van der Waals surface area contributed by atoms with E-state index in [2.05, 4.69) is 15.3 Å². The second kappa shape index (κ2) is 5.97. The molecule has 0 aliphatic carbocycles. The van der Waals surface area contributed by atoms with Gasteiger partial charge in [-0.2, -0.15) is 0 Å². The van der Waals surface area contributed by atoms with Crippen LogP contribution in [0.2, 0.25) is 0 Å². The number of para-hydroxylation sites is 1. The Morgan fingerprint density at radius 1 is 1.10 bits per heavy atom. The number of hydrogen-bond acceptors (Lipinski definition) is 3. The van der Waals surface area contributed by atoms with Crippen LogP contribution >= 0.6 is 0 Å². The molecule has 0 aliphatic heterocycles. The molecule has 0 saturated carbocycles. The van der Waals surface area contributed by atoms with Gasteiger partial charge in [0.15, 0.2) is 0 Å². The molecule has 1 N–H and O–H groups in total. The molecule has 0 spiro atoms. The quantitative estimate of drug-likeness (QED) is 0.795. The largest absolute Gasteiger partial charge is 0.306 e. The lowest BCUT2D eigenvalue weighted by Crippen LogP contribution is -2.22. The molecule has 4 heteroatoms. The van der Waals surface area contributed by atoms with Gasteiger partial charge in [-0.3, -0.25) is 9.97 Å². The number of aromatic nitrogens is 2.